The second-order valence-electron chi connectivity index (χ2n) is 4.73. The molecule has 20 heavy (non-hydrogen) atoms. The van der Waals surface area contributed by atoms with Gasteiger partial charge in [-0.15, -0.1) is 0 Å². The first-order valence-corrected chi connectivity index (χ1v) is 6.51. The Morgan fingerprint density at radius 1 is 1.60 bits per heavy atom. The van der Waals surface area contributed by atoms with Crippen molar-refractivity contribution in [2.75, 3.05) is 26.7 Å². The first-order valence-electron chi connectivity index (χ1n) is 6.51. The van der Waals surface area contributed by atoms with Crippen molar-refractivity contribution in [2.45, 2.75) is 12.6 Å². The van der Waals surface area contributed by atoms with Crippen LogP contribution in [0.5, 0.6) is 0 Å². The topological polar surface area (TPSA) is 87.5 Å². The van der Waals surface area contributed by atoms with E-state index in [0.29, 0.717) is 13.1 Å². The van der Waals surface area contributed by atoms with Crippen LogP contribution in [0.4, 0.5) is 5.69 Å². The number of piperazine rings is 1. The molecule has 1 aliphatic heterocycles. The van der Waals surface area contributed by atoms with E-state index in [1.165, 1.54) is 6.07 Å². The Hall–Kier alpha value is -1.99. The van der Waals surface area contributed by atoms with E-state index in [4.69, 9.17) is 0 Å². The van der Waals surface area contributed by atoms with Crippen LogP contribution in [0.15, 0.2) is 24.3 Å². The fourth-order valence-corrected chi connectivity index (χ4v) is 2.36. The van der Waals surface area contributed by atoms with E-state index in [9.17, 15) is 14.9 Å². The highest BCUT2D eigenvalue weighted by Crippen LogP contribution is 2.16. The van der Waals surface area contributed by atoms with Gasteiger partial charge in [-0.05, 0) is 5.56 Å². The maximum atomic E-state index is 11.8. The number of likely N-dealkylation sites (N-methyl/N-ethyl adjacent to an activating group) is 1. The summed E-state index contributed by atoms with van der Waals surface area (Å²) < 4.78 is 0. The predicted octanol–water partition coefficient (Wildman–Crippen LogP) is 0.115. The molecule has 1 aromatic rings. The Bertz CT molecular complexity index is 506. The fourth-order valence-electron chi connectivity index (χ4n) is 2.36. The highest BCUT2D eigenvalue weighted by molar-refractivity contribution is 5.81. The summed E-state index contributed by atoms with van der Waals surface area (Å²) in [6.45, 7) is 2.67. The molecule has 0 aromatic heterocycles. The lowest BCUT2D eigenvalue weighted by molar-refractivity contribution is -0.384. The highest BCUT2D eigenvalue weighted by atomic mass is 16.6. The zero-order valence-electron chi connectivity index (χ0n) is 11.3. The largest absolute Gasteiger partial charge is 0.358 e. The molecule has 2 rings (SSSR count). The molecule has 1 unspecified atom stereocenters. The Balaban J connectivity index is 2.12. The third-order valence-corrected chi connectivity index (χ3v) is 3.41. The van der Waals surface area contributed by atoms with Crippen LogP contribution in [-0.4, -0.2) is 48.5 Å². The molecule has 0 radical (unpaired) electrons. The van der Waals surface area contributed by atoms with Crippen molar-refractivity contribution in [3.8, 4) is 0 Å². The summed E-state index contributed by atoms with van der Waals surface area (Å²) >= 11 is 0. The van der Waals surface area contributed by atoms with E-state index in [2.05, 4.69) is 10.6 Å². The minimum atomic E-state index is -0.405. The lowest BCUT2D eigenvalue weighted by Crippen LogP contribution is -2.56. The highest BCUT2D eigenvalue weighted by Gasteiger charge is 2.27. The standard InChI is InChI=1S/C13H18N4O3/c1-14-13(18)12-8-15-5-6-16(12)9-10-3-2-4-11(7-10)17(19)20/h2-4,7,12,15H,5-6,8-9H2,1H3,(H,14,18). The van der Waals surface area contributed by atoms with Crippen LogP contribution >= 0.6 is 0 Å². The molecule has 2 N–H and O–H groups in total. The minimum Gasteiger partial charge on any atom is -0.358 e. The van der Waals surface area contributed by atoms with E-state index in [1.54, 1.807) is 19.2 Å². The van der Waals surface area contributed by atoms with Crippen LogP contribution < -0.4 is 10.6 Å². The van der Waals surface area contributed by atoms with E-state index >= 15 is 0 Å². The van der Waals surface area contributed by atoms with Crippen LogP contribution in [-0.2, 0) is 11.3 Å². The first kappa shape index (κ1) is 14.4. The molecule has 1 aromatic carbocycles. The summed E-state index contributed by atoms with van der Waals surface area (Å²) in [7, 11) is 1.61. The molecule has 7 nitrogen and oxygen atoms in total. The summed E-state index contributed by atoms with van der Waals surface area (Å²) in [6, 6.07) is 6.30. The van der Waals surface area contributed by atoms with Gasteiger partial charge in [-0.2, -0.15) is 0 Å². The van der Waals surface area contributed by atoms with Crippen LogP contribution in [0.2, 0.25) is 0 Å². The van der Waals surface area contributed by atoms with Gasteiger partial charge in [-0.1, -0.05) is 12.1 Å². The molecule has 0 saturated carbocycles. The SMILES string of the molecule is CNC(=O)C1CNCCN1Cc1cccc([N+](=O)[O-])c1. The van der Waals surface area contributed by atoms with Gasteiger partial charge in [0, 0.05) is 45.4 Å². The van der Waals surface area contributed by atoms with Crippen molar-refractivity contribution in [1.29, 1.82) is 0 Å². The molecule has 7 heteroatoms. The number of hydrogen-bond donors (Lipinski definition) is 2. The van der Waals surface area contributed by atoms with Crippen LogP contribution in [0, 0.1) is 10.1 Å². The lowest BCUT2D eigenvalue weighted by atomic mass is 10.1. The summed E-state index contributed by atoms with van der Waals surface area (Å²) in [6.07, 6.45) is 0. The lowest BCUT2D eigenvalue weighted by Gasteiger charge is -2.34. The molecule has 1 amide bonds. The van der Waals surface area contributed by atoms with E-state index in [1.807, 2.05) is 11.0 Å². The number of hydrogen-bond acceptors (Lipinski definition) is 5. The van der Waals surface area contributed by atoms with Crippen molar-refractivity contribution in [2.24, 2.45) is 0 Å². The van der Waals surface area contributed by atoms with Gasteiger partial charge < -0.3 is 10.6 Å². The maximum Gasteiger partial charge on any atom is 0.269 e. The molecule has 1 atom stereocenters. The molecule has 0 aliphatic carbocycles. The van der Waals surface area contributed by atoms with Gasteiger partial charge in [0.2, 0.25) is 5.91 Å². The van der Waals surface area contributed by atoms with Gasteiger partial charge in [0.1, 0.15) is 6.04 Å². The number of amides is 1. The summed E-state index contributed by atoms with van der Waals surface area (Å²) in [5.41, 5.74) is 0.920. The minimum absolute atomic E-state index is 0.0392. The van der Waals surface area contributed by atoms with Crippen molar-refractivity contribution in [3.05, 3.63) is 39.9 Å². The Kier molecular flexibility index (Phi) is 4.65. The first-order chi connectivity index (χ1) is 9.61. The van der Waals surface area contributed by atoms with Crippen molar-refractivity contribution in [1.82, 2.24) is 15.5 Å². The molecular formula is C13H18N4O3. The van der Waals surface area contributed by atoms with Gasteiger partial charge in [0.25, 0.3) is 5.69 Å². The zero-order chi connectivity index (χ0) is 14.5. The third kappa shape index (κ3) is 3.31. The van der Waals surface area contributed by atoms with Crippen molar-refractivity contribution >= 4 is 11.6 Å². The normalized spacial score (nSPS) is 19.6. The van der Waals surface area contributed by atoms with Crippen LogP contribution in [0.1, 0.15) is 5.56 Å². The molecule has 0 bridgehead atoms. The average Bonchev–Trinajstić information content (AvgIpc) is 2.47. The van der Waals surface area contributed by atoms with Gasteiger partial charge in [-0.3, -0.25) is 19.8 Å². The van der Waals surface area contributed by atoms with Crippen molar-refractivity contribution < 1.29 is 9.72 Å². The van der Waals surface area contributed by atoms with E-state index in [0.717, 1.165) is 18.7 Å². The van der Waals surface area contributed by atoms with Crippen LogP contribution in [0.25, 0.3) is 0 Å². The number of carbonyl (C=O) groups is 1. The Morgan fingerprint density at radius 3 is 3.10 bits per heavy atom. The summed E-state index contributed by atoms with van der Waals surface area (Å²) in [4.78, 5) is 24.3. The number of rotatable bonds is 4. The third-order valence-electron chi connectivity index (χ3n) is 3.41. The number of carbonyl (C=O) groups excluding carboxylic acids is 1. The fraction of sp³-hybridized carbons (Fsp3) is 0.462. The van der Waals surface area contributed by atoms with Gasteiger partial charge in [0.05, 0.1) is 4.92 Å². The Labute approximate surface area is 117 Å². The molecule has 108 valence electrons. The number of nitro benzene ring substituents is 1. The van der Waals surface area contributed by atoms with Gasteiger partial charge in [-0.25, -0.2) is 0 Å². The maximum absolute atomic E-state index is 11.8. The smallest absolute Gasteiger partial charge is 0.269 e. The molecule has 0 spiro atoms. The Morgan fingerprint density at radius 2 is 2.40 bits per heavy atom. The summed E-state index contributed by atoms with van der Waals surface area (Å²) in [5, 5.41) is 16.6. The van der Waals surface area contributed by atoms with Crippen molar-refractivity contribution in [3.63, 3.8) is 0 Å². The van der Waals surface area contributed by atoms with Gasteiger partial charge in [0.15, 0.2) is 0 Å². The van der Waals surface area contributed by atoms with E-state index in [-0.39, 0.29) is 17.6 Å². The second-order valence-corrected chi connectivity index (χ2v) is 4.73. The molecule has 1 aliphatic rings. The monoisotopic (exact) mass is 278 g/mol. The molecule has 1 heterocycles. The van der Waals surface area contributed by atoms with Crippen LogP contribution in [0.3, 0.4) is 0 Å². The average molecular weight is 278 g/mol. The van der Waals surface area contributed by atoms with E-state index < -0.39 is 4.92 Å². The van der Waals surface area contributed by atoms with Gasteiger partial charge >= 0.3 is 0 Å². The quantitative estimate of drug-likeness (QED) is 0.603. The number of benzene rings is 1. The number of non-ortho nitro benzene ring substituents is 1. The summed E-state index contributed by atoms with van der Waals surface area (Å²) in [5.74, 6) is -0.0392. The molecular weight excluding hydrogens is 260 g/mol. The predicted molar refractivity (Wildman–Crippen MR) is 74.2 cm³/mol. The second kappa shape index (κ2) is 6.44. The molecule has 1 fully saturated rings. The number of nitrogens with one attached hydrogen (secondary N) is 2. The number of nitrogens with zero attached hydrogens (tertiary/aromatic N) is 2. The number of nitro groups is 1. The molecule has 1 saturated heterocycles. The zero-order valence-corrected chi connectivity index (χ0v) is 11.3.